The van der Waals surface area contributed by atoms with E-state index in [0.29, 0.717) is 10.7 Å². The van der Waals surface area contributed by atoms with Crippen molar-refractivity contribution in [2.24, 2.45) is 0 Å². The van der Waals surface area contributed by atoms with Gasteiger partial charge in [0.15, 0.2) is 5.57 Å². The lowest BCUT2D eigenvalue weighted by Crippen LogP contribution is -2.11. The van der Waals surface area contributed by atoms with Crippen molar-refractivity contribution in [3.63, 3.8) is 0 Å². The summed E-state index contributed by atoms with van der Waals surface area (Å²) in [6.07, 6.45) is 3.35. The van der Waals surface area contributed by atoms with Crippen LogP contribution in [0.3, 0.4) is 0 Å². The summed E-state index contributed by atoms with van der Waals surface area (Å²) in [6.45, 7) is 0. The van der Waals surface area contributed by atoms with Crippen molar-refractivity contribution in [3.05, 3.63) is 52.8 Å². The summed E-state index contributed by atoms with van der Waals surface area (Å²) in [4.78, 5) is 1.71. The molecule has 0 aliphatic heterocycles. The summed E-state index contributed by atoms with van der Waals surface area (Å²) in [5, 5.41) is 21.4. The lowest BCUT2D eigenvalue weighted by Gasteiger charge is -2.13. The molecule has 0 amide bonds. The molecule has 0 fully saturated rings. The van der Waals surface area contributed by atoms with Gasteiger partial charge in [-0.15, -0.1) is 0 Å². The van der Waals surface area contributed by atoms with Gasteiger partial charge >= 0.3 is 0 Å². The molecule has 0 aliphatic carbocycles. The molecule has 1 aromatic rings. The number of nitrogens with zero attached hydrogens (tertiary/aromatic N) is 3. The molecule has 0 radical (unpaired) electrons. The van der Waals surface area contributed by atoms with Crippen LogP contribution in [0.2, 0.25) is 5.02 Å². The van der Waals surface area contributed by atoms with E-state index in [2.05, 4.69) is 5.32 Å². The fraction of sp³-hybridized carbons (Fsp3) is 0.143. The van der Waals surface area contributed by atoms with Crippen LogP contribution in [0.15, 0.2) is 47.8 Å². The average molecular weight is 273 g/mol. The number of anilines is 1. The minimum atomic E-state index is 0.0687. The molecule has 0 bridgehead atoms. The van der Waals surface area contributed by atoms with Gasteiger partial charge in [0.25, 0.3) is 0 Å². The summed E-state index contributed by atoms with van der Waals surface area (Å²) in [5.74, 6) is 0. The molecule has 0 aliphatic rings. The molecular formula is C14H13ClN4. The predicted octanol–water partition coefficient (Wildman–Crippen LogP) is 3.13. The Labute approximate surface area is 117 Å². The molecule has 0 spiro atoms. The van der Waals surface area contributed by atoms with E-state index in [-0.39, 0.29) is 5.57 Å². The monoisotopic (exact) mass is 272 g/mol. The van der Waals surface area contributed by atoms with Crippen LogP contribution in [0.5, 0.6) is 0 Å². The molecule has 0 saturated heterocycles. The molecule has 0 unspecified atom stereocenters. The molecule has 0 atom stereocenters. The van der Waals surface area contributed by atoms with Crippen molar-refractivity contribution in [2.45, 2.75) is 0 Å². The van der Waals surface area contributed by atoms with Gasteiger partial charge in [-0.1, -0.05) is 11.6 Å². The summed E-state index contributed by atoms with van der Waals surface area (Å²) in [7, 11) is 3.55. The Morgan fingerprint density at radius 2 is 1.79 bits per heavy atom. The molecule has 1 rings (SSSR count). The Morgan fingerprint density at radius 1 is 1.21 bits per heavy atom. The number of hydrogen-bond acceptors (Lipinski definition) is 4. The molecule has 1 aromatic carbocycles. The maximum absolute atomic E-state index is 8.87. The van der Waals surface area contributed by atoms with E-state index in [1.165, 1.54) is 0 Å². The Bertz CT molecular complexity index is 555. The average Bonchev–Trinajstić information content (AvgIpc) is 2.40. The minimum absolute atomic E-state index is 0.0687. The molecular weight excluding hydrogens is 260 g/mol. The first-order chi connectivity index (χ1) is 9.08. The first-order valence-corrected chi connectivity index (χ1v) is 5.86. The molecule has 96 valence electrons. The number of allylic oxidation sites excluding steroid dienone is 2. The van der Waals surface area contributed by atoms with Crippen molar-refractivity contribution in [1.82, 2.24) is 4.90 Å². The fourth-order valence-corrected chi connectivity index (χ4v) is 1.48. The van der Waals surface area contributed by atoms with E-state index in [9.17, 15) is 0 Å². The zero-order valence-corrected chi connectivity index (χ0v) is 11.4. The lowest BCUT2D eigenvalue weighted by atomic mass is 10.2. The van der Waals surface area contributed by atoms with Crippen molar-refractivity contribution < 1.29 is 0 Å². The number of nitrogens with one attached hydrogen (secondary N) is 1. The first-order valence-electron chi connectivity index (χ1n) is 5.49. The third kappa shape index (κ3) is 4.39. The van der Waals surface area contributed by atoms with Crippen molar-refractivity contribution in [1.29, 1.82) is 10.5 Å². The van der Waals surface area contributed by atoms with Crippen LogP contribution < -0.4 is 5.32 Å². The van der Waals surface area contributed by atoms with Crippen LogP contribution in [0.25, 0.3) is 0 Å². The smallest absolute Gasteiger partial charge is 0.152 e. The quantitative estimate of drug-likeness (QED) is 0.676. The zero-order chi connectivity index (χ0) is 14.3. The minimum Gasteiger partial charge on any atom is -0.376 e. The Hall–Kier alpha value is -2.43. The Balaban J connectivity index is 2.85. The second kappa shape index (κ2) is 7.10. The lowest BCUT2D eigenvalue weighted by molar-refractivity contribution is 0.527. The van der Waals surface area contributed by atoms with Crippen LogP contribution >= 0.6 is 11.6 Å². The Morgan fingerprint density at radius 3 is 2.26 bits per heavy atom. The van der Waals surface area contributed by atoms with Crippen molar-refractivity contribution >= 4 is 17.3 Å². The third-order valence-electron chi connectivity index (χ3n) is 2.30. The van der Waals surface area contributed by atoms with E-state index in [0.717, 1.165) is 5.69 Å². The molecule has 4 nitrogen and oxygen atoms in total. The standard InChI is InChI=1S/C14H13ClN4/c1-19(2)14(11(9-16)10-17)7-8-18-13-5-3-12(15)4-6-13/h3-8,18H,1-2H3. The highest BCUT2D eigenvalue weighted by Gasteiger charge is 2.04. The van der Waals surface area contributed by atoms with E-state index >= 15 is 0 Å². The third-order valence-corrected chi connectivity index (χ3v) is 2.55. The highest BCUT2D eigenvalue weighted by molar-refractivity contribution is 6.30. The summed E-state index contributed by atoms with van der Waals surface area (Å²) in [5.41, 5.74) is 1.49. The number of benzene rings is 1. The highest BCUT2D eigenvalue weighted by atomic mass is 35.5. The van der Waals surface area contributed by atoms with Gasteiger partial charge in [-0.3, -0.25) is 0 Å². The van der Waals surface area contributed by atoms with Crippen LogP contribution in [0.4, 0.5) is 5.69 Å². The molecule has 0 aromatic heterocycles. The number of rotatable bonds is 4. The van der Waals surface area contributed by atoms with Crippen molar-refractivity contribution in [3.8, 4) is 12.1 Å². The predicted molar refractivity (Wildman–Crippen MR) is 76.2 cm³/mol. The van der Waals surface area contributed by atoms with E-state index in [1.807, 2.05) is 24.3 Å². The normalized spacial score (nSPS) is 9.53. The highest BCUT2D eigenvalue weighted by Crippen LogP contribution is 2.14. The molecule has 0 heterocycles. The van der Waals surface area contributed by atoms with E-state index in [4.69, 9.17) is 22.1 Å². The van der Waals surface area contributed by atoms with E-state index in [1.54, 1.807) is 43.4 Å². The molecule has 19 heavy (non-hydrogen) atoms. The Kier molecular flexibility index (Phi) is 5.47. The van der Waals surface area contributed by atoms with Gasteiger partial charge in [0.2, 0.25) is 0 Å². The van der Waals surface area contributed by atoms with Crippen molar-refractivity contribution in [2.75, 3.05) is 19.4 Å². The number of hydrogen-bond donors (Lipinski definition) is 1. The SMILES string of the molecule is CN(C)C(C=CNc1ccc(Cl)cc1)=C(C#N)C#N. The van der Waals surface area contributed by atoms with Crippen LogP contribution in [0.1, 0.15) is 0 Å². The number of halogens is 1. The fourth-order valence-electron chi connectivity index (χ4n) is 1.36. The summed E-state index contributed by atoms with van der Waals surface area (Å²) >= 11 is 5.78. The second-order valence-electron chi connectivity index (χ2n) is 3.86. The molecule has 1 N–H and O–H groups in total. The number of nitriles is 2. The van der Waals surface area contributed by atoms with Crippen LogP contribution in [-0.4, -0.2) is 19.0 Å². The van der Waals surface area contributed by atoms with Gasteiger partial charge in [-0.05, 0) is 30.3 Å². The van der Waals surface area contributed by atoms with Gasteiger partial charge < -0.3 is 10.2 Å². The van der Waals surface area contributed by atoms with Gasteiger partial charge in [0, 0.05) is 31.0 Å². The summed E-state index contributed by atoms with van der Waals surface area (Å²) < 4.78 is 0. The van der Waals surface area contributed by atoms with E-state index < -0.39 is 0 Å². The molecule has 0 saturated carbocycles. The zero-order valence-electron chi connectivity index (χ0n) is 10.7. The maximum atomic E-state index is 8.87. The van der Waals surface area contributed by atoms with Crippen LogP contribution in [0, 0.1) is 22.7 Å². The largest absolute Gasteiger partial charge is 0.376 e. The van der Waals surface area contributed by atoms with Gasteiger partial charge in [0.1, 0.15) is 12.1 Å². The van der Waals surface area contributed by atoms with Gasteiger partial charge in [-0.2, -0.15) is 10.5 Å². The topological polar surface area (TPSA) is 62.9 Å². The van der Waals surface area contributed by atoms with Gasteiger partial charge in [-0.25, -0.2) is 0 Å². The summed E-state index contributed by atoms with van der Waals surface area (Å²) in [6, 6.07) is 11.0. The van der Waals surface area contributed by atoms with Crippen LogP contribution in [-0.2, 0) is 0 Å². The molecule has 5 heteroatoms. The maximum Gasteiger partial charge on any atom is 0.152 e. The van der Waals surface area contributed by atoms with Gasteiger partial charge in [0.05, 0.1) is 5.70 Å². The first kappa shape index (κ1) is 14.6. The number of likely N-dealkylation sites (N-methyl/N-ethyl adjacent to an activating group) is 1. The second-order valence-corrected chi connectivity index (χ2v) is 4.30.